The number of hydrogen-bond acceptors (Lipinski definition) is 3. The average Bonchev–Trinajstić information content (AvgIpc) is 2.60. The van der Waals surface area contributed by atoms with Crippen molar-refractivity contribution in [1.29, 1.82) is 0 Å². The number of carbonyl (C=O) groups excluding carboxylic acids is 1. The Morgan fingerprint density at radius 1 is 1.04 bits per heavy atom. The minimum atomic E-state index is -0.247. The zero-order valence-corrected chi connectivity index (χ0v) is 14.7. The van der Waals surface area contributed by atoms with Gasteiger partial charge in [0, 0.05) is 11.6 Å². The minimum Gasteiger partial charge on any atom is -0.367 e. The average molecular weight is 364 g/mol. The second-order valence-corrected chi connectivity index (χ2v) is 6.81. The highest BCUT2D eigenvalue weighted by Gasteiger charge is 2.13. The van der Waals surface area contributed by atoms with E-state index in [2.05, 4.69) is 15.6 Å². The lowest BCUT2D eigenvalue weighted by Crippen LogP contribution is -2.22. The second kappa shape index (κ2) is 7.86. The van der Waals surface area contributed by atoms with Gasteiger partial charge in [0.25, 0.3) is 5.91 Å². The number of pyridine rings is 1. The summed E-state index contributed by atoms with van der Waals surface area (Å²) < 4.78 is 0. The number of aromatic nitrogens is 1. The molecule has 4 nitrogen and oxygen atoms in total. The first-order valence-electron chi connectivity index (χ1n) is 8.11. The summed E-state index contributed by atoms with van der Waals surface area (Å²) in [5.74, 6) is 0.595. The molecule has 0 radical (unpaired) electrons. The van der Waals surface area contributed by atoms with Crippen molar-refractivity contribution in [2.24, 2.45) is 0 Å². The Balaban J connectivity index is 1.60. The van der Waals surface area contributed by atoms with E-state index in [-0.39, 0.29) is 5.91 Å². The van der Waals surface area contributed by atoms with Gasteiger partial charge in [0.2, 0.25) is 0 Å². The van der Waals surface area contributed by atoms with E-state index < -0.39 is 0 Å². The van der Waals surface area contributed by atoms with Crippen LogP contribution in [0.1, 0.15) is 42.5 Å². The first-order valence-corrected chi connectivity index (χ1v) is 8.86. The van der Waals surface area contributed by atoms with E-state index in [1.165, 1.54) is 32.1 Å². The highest BCUT2D eigenvalue weighted by Crippen LogP contribution is 2.24. The Morgan fingerprint density at radius 3 is 2.50 bits per heavy atom. The van der Waals surface area contributed by atoms with Gasteiger partial charge in [-0.1, -0.05) is 42.5 Å². The van der Waals surface area contributed by atoms with Gasteiger partial charge in [-0.05, 0) is 43.2 Å². The number of benzene rings is 1. The molecule has 0 bridgehead atoms. The van der Waals surface area contributed by atoms with Gasteiger partial charge >= 0.3 is 0 Å². The van der Waals surface area contributed by atoms with Crippen molar-refractivity contribution in [3.8, 4) is 0 Å². The molecule has 1 saturated carbocycles. The van der Waals surface area contributed by atoms with Crippen molar-refractivity contribution < 1.29 is 4.79 Å². The fraction of sp³-hybridized carbons (Fsp3) is 0.333. The van der Waals surface area contributed by atoms with Gasteiger partial charge in [0.15, 0.2) is 0 Å². The molecule has 126 valence electrons. The molecule has 24 heavy (non-hydrogen) atoms. The molecule has 6 heteroatoms. The molecule has 3 rings (SSSR count). The topological polar surface area (TPSA) is 54.0 Å². The maximum absolute atomic E-state index is 12.2. The van der Waals surface area contributed by atoms with Gasteiger partial charge in [-0.2, -0.15) is 0 Å². The van der Waals surface area contributed by atoms with Gasteiger partial charge < -0.3 is 10.6 Å². The summed E-state index contributed by atoms with van der Waals surface area (Å²) in [6, 6.07) is 9.02. The van der Waals surface area contributed by atoms with Crippen molar-refractivity contribution in [3.05, 3.63) is 52.1 Å². The molecule has 1 aliphatic rings. The van der Waals surface area contributed by atoms with Crippen molar-refractivity contribution in [1.82, 2.24) is 4.98 Å². The monoisotopic (exact) mass is 363 g/mol. The van der Waals surface area contributed by atoms with Crippen LogP contribution in [0.25, 0.3) is 0 Å². The summed E-state index contributed by atoms with van der Waals surface area (Å²) in [6.07, 6.45) is 7.91. The molecule has 0 aliphatic heterocycles. The quantitative estimate of drug-likeness (QED) is 0.765. The van der Waals surface area contributed by atoms with Crippen LogP contribution in [0.15, 0.2) is 36.5 Å². The molecule has 1 amide bonds. The fourth-order valence-corrected chi connectivity index (χ4v) is 3.15. The van der Waals surface area contributed by atoms with E-state index in [1.807, 2.05) is 12.1 Å². The molecule has 1 aromatic carbocycles. The summed E-state index contributed by atoms with van der Waals surface area (Å²) in [6.45, 7) is 0. The minimum absolute atomic E-state index is 0.247. The molecule has 1 aliphatic carbocycles. The normalized spacial score (nSPS) is 15.1. The highest BCUT2D eigenvalue weighted by atomic mass is 35.5. The molecule has 2 N–H and O–H groups in total. The number of hydrogen-bond donors (Lipinski definition) is 2. The van der Waals surface area contributed by atoms with Crippen molar-refractivity contribution in [2.75, 3.05) is 10.6 Å². The maximum atomic E-state index is 12.2. The Bertz CT molecular complexity index is 713. The lowest BCUT2D eigenvalue weighted by atomic mass is 9.95. The standard InChI is InChI=1S/C18H19Cl2N3O/c19-15-8-6-12(10-16(15)20)18(24)23-14-7-9-17(21-11-14)22-13-4-2-1-3-5-13/h6-11,13H,1-5H2,(H,21,22)(H,23,24). The molecule has 0 saturated heterocycles. The molecular weight excluding hydrogens is 345 g/mol. The second-order valence-electron chi connectivity index (χ2n) is 5.99. The smallest absolute Gasteiger partial charge is 0.255 e. The van der Waals surface area contributed by atoms with Gasteiger partial charge in [0.1, 0.15) is 5.82 Å². The largest absolute Gasteiger partial charge is 0.367 e. The predicted molar refractivity (Wildman–Crippen MR) is 99.1 cm³/mol. The molecule has 1 fully saturated rings. The van der Waals surface area contributed by atoms with E-state index in [4.69, 9.17) is 23.2 Å². The number of rotatable bonds is 4. The van der Waals surface area contributed by atoms with Crippen LogP contribution in [0.5, 0.6) is 0 Å². The SMILES string of the molecule is O=C(Nc1ccc(NC2CCCCC2)nc1)c1ccc(Cl)c(Cl)c1. The van der Waals surface area contributed by atoms with Crippen molar-refractivity contribution in [2.45, 2.75) is 38.1 Å². The Hall–Kier alpha value is -1.78. The molecule has 0 unspecified atom stereocenters. The van der Waals surface area contributed by atoms with E-state index in [1.54, 1.807) is 24.4 Å². The van der Waals surface area contributed by atoms with Crippen LogP contribution in [-0.4, -0.2) is 16.9 Å². The zero-order valence-electron chi connectivity index (χ0n) is 13.2. The summed E-state index contributed by atoms with van der Waals surface area (Å²) in [7, 11) is 0. The molecule has 1 aromatic heterocycles. The van der Waals surface area contributed by atoms with Gasteiger partial charge in [-0.3, -0.25) is 4.79 Å². The third-order valence-corrected chi connectivity index (χ3v) is 4.90. The van der Waals surface area contributed by atoms with Gasteiger partial charge in [-0.15, -0.1) is 0 Å². The lowest BCUT2D eigenvalue weighted by molar-refractivity contribution is 0.102. The third-order valence-electron chi connectivity index (χ3n) is 4.16. The van der Waals surface area contributed by atoms with Crippen molar-refractivity contribution in [3.63, 3.8) is 0 Å². The van der Waals surface area contributed by atoms with E-state index in [0.717, 1.165) is 5.82 Å². The van der Waals surface area contributed by atoms with E-state index in [9.17, 15) is 4.79 Å². The van der Waals surface area contributed by atoms with Crippen LogP contribution >= 0.6 is 23.2 Å². The van der Waals surface area contributed by atoms with E-state index in [0.29, 0.717) is 27.3 Å². The zero-order chi connectivity index (χ0) is 16.9. The first kappa shape index (κ1) is 17.1. The highest BCUT2D eigenvalue weighted by molar-refractivity contribution is 6.42. The maximum Gasteiger partial charge on any atom is 0.255 e. The predicted octanol–water partition coefficient (Wildman–Crippen LogP) is 5.39. The first-order chi connectivity index (χ1) is 11.6. The van der Waals surface area contributed by atoms with Crippen molar-refractivity contribution >= 4 is 40.6 Å². The van der Waals surface area contributed by atoms with Crippen LogP contribution in [0.4, 0.5) is 11.5 Å². The number of nitrogens with one attached hydrogen (secondary N) is 2. The van der Waals surface area contributed by atoms with E-state index >= 15 is 0 Å². The summed E-state index contributed by atoms with van der Waals surface area (Å²) >= 11 is 11.8. The number of anilines is 2. The Labute approximate surface area is 151 Å². The third kappa shape index (κ3) is 4.40. The number of amides is 1. The Kier molecular flexibility index (Phi) is 5.59. The van der Waals surface area contributed by atoms with Crippen LogP contribution in [0.2, 0.25) is 10.0 Å². The van der Waals surface area contributed by atoms with Gasteiger partial charge in [-0.25, -0.2) is 4.98 Å². The molecule has 0 spiro atoms. The molecule has 0 atom stereocenters. The molecular formula is C18H19Cl2N3O. The lowest BCUT2D eigenvalue weighted by Gasteiger charge is -2.23. The molecule has 2 aromatic rings. The summed E-state index contributed by atoms with van der Waals surface area (Å²) in [5, 5.41) is 7.04. The van der Waals surface area contributed by atoms with Gasteiger partial charge in [0.05, 0.1) is 21.9 Å². The van der Waals surface area contributed by atoms with Crippen LogP contribution in [0.3, 0.4) is 0 Å². The number of nitrogens with zero attached hydrogens (tertiary/aromatic N) is 1. The summed E-state index contributed by atoms with van der Waals surface area (Å²) in [5.41, 5.74) is 1.09. The fourth-order valence-electron chi connectivity index (χ4n) is 2.85. The summed E-state index contributed by atoms with van der Waals surface area (Å²) in [4.78, 5) is 16.6. The number of halogens is 2. The van der Waals surface area contributed by atoms with Crippen LogP contribution in [0, 0.1) is 0 Å². The number of carbonyl (C=O) groups is 1. The Morgan fingerprint density at radius 2 is 1.83 bits per heavy atom. The van der Waals surface area contributed by atoms with Crippen LogP contribution in [-0.2, 0) is 0 Å². The molecule has 1 heterocycles. The van der Waals surface area contributed by atoms with Crippen LogP contribution < -0.4 is 10.6 Å².